The second-order valence-electron chi connectivity index (χ2n) is 11.9. The Morgan fingerprint density at radius 3 is 2.33 bits per heavy atom. The van der Waals surface area contributed by atoms with Crippen molar-refractivity contribution >= 4 is 22.8 Å². The monoisotopic (exact) mass is 694 g/mol. The van der Waals surface area contributed by atoms with Gasteiger partial charge in [0, 0.05) is 25.5 Å². The molecule has 2 fully saturated rings. The molecule has 2 aliphatic heterocycles. The fraction of sp³-hybridized carbons (Fsp3) is 0.484. The SMILES string of the molecule is COc1ccc(Cn2ncc3c(c(C(F)(F)F)nn3C(C)COCCC(=O)N3CCC4C3CCN4c3ncc(C(F)(F)F)cn3)c2=O)cc1. The molecular formula is C31H32F6N8O4. The van der Waals surface area contributed by atoms with Crippen LogP contribution in [0, 0.1) is 0 Å². The lowest BCUT2D eigenvalue weighted by Gasteiger charge is -2.26. The van der Waals surface area contributed by atoms with Gasteiger partial charge in [-0.1, -0.05) is 12.1 Å². The Kier molecular flexibility index (Phi) is 9.25. The molecular weight excluding hydrogens is 662 g/mol. The lowest BCUT2D eigenvalue weighted by Crippen LogP contribution is -2.40. The zero-order valence-corrected chi connectivity index (χ0v) is 26.4. The van der Waals surface area contributed by atoms with Gasteiger partial charge in [-0.3, -0.25) is 14.3 Å². The molecule has 0 N–H and O–H groups in total. The number of ether oxygens (including phenoxy) is 2. The lowest BCUT2D eigenvalue weighted by molar-refractivity contribution is -0.140. The molecule has 1 amide bonds. The molecule has 4 aromatic rings. The molecule has 6 rings (SSSR count). The van der Waals surface area contributed by atoms with Crippen LogP contribution in [0.1, 0.15) is 49.0 Å². The summed E-state index contributed by atoms with van der Waals surface area (Å²) in [7, 11) is 1.50. The minimum Gasteiger partial charge on any atom is -0.497 e. The van der Waals surface area contributed by atoms with Crippen molar-refractivity contribution < 1.29 is 40.6 Å². The molecule has 3 unspecified atom stereocenters. The van der Waals surface area contributed by atoms with E-state index in [4.69, 9.17) is 9.47 Å². The number of alkyl halides is 6. The summed E-state index contributed by atoms with van der Waals surface area (Å²) in [5.74, 6) is 0.583. The number of methoxy groups -OCH3 is 1. The number of amides is 1. The van der Waals surface area contributed by atoms with Gasteiger partial charge in [-0.15, -0.1) is 0 Å². The van der Waals surface area contributed by atoms with Gasteiger partial charge in [0.15, 0.2) is 5.69 Å². The Hall–Kier alpha value is -4.74. The van der Waals surface area contributed by atoms with Crippen LogP contribution < -0.4 is 15.2 Å². The first-order chi connectivity index (χ1) is 23.3. The van der Waals surface area contributed by atoms with Crippen LogP contribution in [0.2, 0.25) is 0 Å². The maximum atomic E-state index is 14.0. The van der Waals surface area contributed by atoms with Crippen molar-refractivity contribution in [2.45, 2.75) is 63.2 Å². The highest BCUT2D eigenvalue weighted by molar-refractivity contribution is 5.81. The number of aromatic nitrogens is 6. The fourth-order valence-corrected chi connectivity index (χ4v) is 6.43. The van der Waals surface area contributed by atoms with E-state index < -0.39 is 40.6 Å². The summed E-state index contributed by atoms with van der Waals surface area (Å²) >= 11 is 0. The van der Waals surface area contributed by atoms with Crippen LogP contribution in [-0.4, -0.2) is 85.8 Å². The Morgan fingerprint density at radius 1 is 0.980 bits per heavy atom. The molecule has 2 saturated heterocycles. The summed E-state index contributed by atoms with van der Waals surface area (Å²) in [5.41, 5.74) is -2.66. The number of halogens is 6. The maximum Gasteiger partial charge on any atom is 0.435 e. The molecule has 262 valence electrons. The van der Waals surface area contributed by atoms with Gasteiger partial charge in [-0.05, 0) is 37.5 Å². The first-order valence-electron chi connectivity index (χ1n) is 15.5. The largest absolute Gasteiger partial charge is 0.497 e. The highest BCUT2D eigenvalue weighted by atomic mass is 19.4. The predicted molar refractivity (Wildman–Crippen MR) is 162 cm³/mol. The van der Waals surface area contributed by atoms with Crippen molar-refractivity contribution in [3.05, 3.63) is 70.0 Å². The minimum atomic E-state index is -4.91. The molecule has 0 saturated carbocycles. The number of anilines is 1. The van der Waals surface area contributed by atoms with Crippen molar-refractivity contribution in [3.63, 3.8) is 0 Å². The number of benzene rings is 1. The topological polar surface area (TPSA) is 120 Å². The molecule has 1 aromatic carbocycles. The van der Waals surface area contributed by atoms with Crippen molar-refractivity contribution in [1.29, 1.82) is 0 Å². The Morgan fingerprint density at radius 2 is 1.67 bits per heavy atom. The molecule has 0 radical (unpaired) electrons. The van der Waals surface area contributed by atoms with Gasteiger partial charge < -0.3 is 19.3 Å². The van der Waals surface area contributed by atoms with Crippen molar-refractivity contribution in [1.82, 2.24) is 34.4 Å². The highest BCUT2D eigenvalue weighted by Gasteiger charge is 2.45. The number of carbonyl (C=O) groups is 1. The third kappa shape index (κ3) is 6.91. The van der Waals surface area contributed by atoms with E-state index in [1.54, 1.807) is 36.1 Å². The molecule has 3 aromatic heterocycles. The van der Waals surface area contributed by atoms with Crippen LogP contribution in [0.5, 0.6) is 5.75 Å². The summed E-state index contributed by atoms with van der Waals surface area (Å²) in [6, 6.07) is 5.66. The van der Waals surface area contributed by atoms with Gasteiger partial charge in [-0.25, -0.2) is 14.6 Å². The van der Waals surface area contributed by atoms with Crippen molar-refractivity contribution in [2.24, 2.45) is 0 Å². The average Bonchev–Trinajstić information content (AvgIpc) is 3.78. The van der Waals surface area contributed by atoms with Crippen LogP contribution in [0.4, 0.5) is 32.3 Å². The molecule has 12 nitrogen and oxygen atoms in total. The van der Waals surface area contributed by atoms with E-state index in [-0.39, 0.29) is 55.6 Å². The van der Waals surface area contributed by atoms with E-state index in [2.05, 4.69) is 20.2 Å². The van der Waals surface area contributed by atoms with E-state index in [0.29, 0.717) is 37.2 Å². The van der Waals surface area contributed by atoms with E-state index in [9.17, 15) is 35.9 Å². The third-order valence-corrected chi connectivity index (χ3v) is 8.83. The van der Waals surface area contributed by atoms with E-state index in [1.807, 2.05) is 4.90 Å². The summed E-state index contributed by atoms with van der Waals surface area (Å²) in [4.78, 5) is 37.7. The Bertz CT molecular complexity index is 1860. The van der Waals surface area contributed by atoms with Crippen molar-refractivity contribution in [3.8, 4) is 5.75 Å². The van der Waals surface area contributed by atoms with Gasteiger partial charge in [0.1, 0.15) is 11.1 Å². The zero-order chi connectivity index (χ0) is 35.1. The fourth-order valence-electron chi connectivity index (χ4n) is 6.43. The summed E-state index contributed by atoms with van der Waals surface area (Å²) in [6.07, 6.45) is -5.57. The number of fused-ring (bicyclic) bond motifs is 2. The molecule has 0 bridgehead atoms. The van der Waals surface area contributed by atoms with Gasteiger partial charge in [0.2, 0.25) is 11.9 Å². The average molecular weight is 695 g/mol. The first kappa shape index (κ1) is 34.1. The molecule has 5 heterocycles. The van der Waals surface area contributed by atoms with Crippen LogP contribution in [0.15, 0.2) is 47.7 Å². The molecule has 49 heavy (non-hydrogen) atoms. The standard InChI is InChI=1S/C31H32F6N8O4/c1-18(45-24-15-40-44(16-19-3-5-21(48-2)6-4-19)28(47)26(24)27(41-45)31(35,36)37)17-49-12-9-25(46)42-10-7-23-22(42)8-11-43(23)29-38-13-20(14-39-29)30(32,33)34/h3-6,13-15,18,22-23H,7-12,16-17H2,1-2H3. The van der Waals surface area contributed by atoms with Gasteiger partial charge in [0.25, 0.3) is 5.56 Å². The molecule has 2 aliphatic rings. The molecule has 0 spiro atoms. The summed E-state index contributed by atoms with van der Waals surface area (Å²) in [5, 5.41) is 7.26. The second-order valence-corrected chi connectivity index (χ2v) is 11.9. The number of nitrogens with zero attached hydrogens (tertiary/aromatic N) is 8. The molecule has 3 atom stereocenters. The Labute approximate surface area is 275 Å². The Balaban J connectivity index is 1.07. The minimum absolute atomic E-state index is 0.0119. The van der Waals surface area contributed by atoms with E-state index in [1.165, 1.54) is 13.3 Å². The van der Waals surface area contributed by atoms with Crippen LogP contribution in [-0.2, 0) is 28.4 Å². The summed E-state index contributed by atoms with van der Waals surface area (Å²) in [6.45, 7) is 2.34. The molecule has 0 aliphatic carbocycles. The lowest BCUT2D eigenvalue weighted by atomic mass is 10.1. The highest BCUT2D eigenvalue weighted by Crippen LogP contribution is 2.36. The quantitative estimate of drug-likeness (QED) is 0.177. The van der Waals surface area contributed by atoms with Crippen LogP contribution in [0.3, 0.4) is 0 Å². The van der Waals surface area contributed by atoms with Gasteiger partial charge in [-0.2, -0.15) is 36.5 Å². The summed E-state index contributed by atoms with van der Waals surface area (Å²) < 4.78 is 93.7. The van der Waals surface area contributed by atoms with E-state index >= 15 is 0 Å². The second kappa shape index (κ2) is 13.3. The third-order valence-electron chi connectivity index (χ3n) is 8.83. The van der Waals surface area contributed by atoms with E-state index in [0.717, 1.165) is 21.8 Å². The van der Waals surface area contributed by atoms with Crippen LogP contribution >= 0.6 is 0 Å². The number of likely N-dealkylation sites (tertiary alicyclic amines) is 1. The predicted octanol–water partition coefficient (Wildman–Crippen LogP) is 4.33. The molecule has 18 heteroatoms. The maximum absolute atomic E-state index is 14.0. The zero-order valence-electron chi connectivity index (χ0n) is 26.4. The van der Waals surface area contributed by atoms with Gasteiger partial charge in [0.05, 0.1) is 68.7 Å². The number of rotatable bonds is 10. The number of hydrogen-bond acceptors (Lipinski definition) is 9. The van der Waals surface area contributed by atoms with Crippen molar-refractivity contribution in [2.75, 3.05) is 38.3 Å². The van der Waals surface area contributed by atoms with Crippen LogP contribution in [0.25, 0.3) is 10.9 Å². The first-order valence-corrected chi connectivity index (χ1v) is 15.5. The smallest absolute Gasteiger partial charge is 0.435 e. The number of hydrogen-bond donors (Lipinski definition) is 0. The normalized spacial score (nSPS) is 18.7. The van der Waals surface area contributed by atoms with Gasteiger partial charge >= 0.3 is 12.4 Å². The number of carbonyl (C=O) groups excluding carboxylic acids is 1.